The number of benzene rings is 1. The molecule has 1 aliphatic rings. The van der Waals surface area contributed by atoms with Gasteiger partial charge in [-0.2, -0.15) is 0 Å². The van der Waals surface area contributed by atoms with E-state index in [1.165, 1.54) is 0 Å². The van der Waals surface area contributed by atoms with Crippen molar-refractivity contribution in [2.75, 3.05) is 0 Å². The van der Waals surface area contributed by atoms with Gasteiger partial charge in [0.15, 0.2) is 0 Å². The average molecular weight is 346 g/mol. The van der Waals surface area contributed by atoms with E-state index in [9.17, 15) is 9.59 Å². The monoisotopic (exact) mass is 345 g/mol. The van der Waals surface area contributed by atoms with Gasteiger partial charge in [-0.3, -0.25) is 9.59 Å². The number of hydrogen-bond donors (Lipinski definition) is 1. The van der Waals surface area contributed by atoms with Crippen LogP contribution in [0.15, 0.2) is 27.5 Å². The molecule has 0 spiro atoms. The Morgan fingerprint density at radius 1 is 1.38 bits per heavy atom. The molecule has 24 heavy (non-hydrogen) atoms. The topological polar surface area (TPSA) is 91.1 Å². The largest absolute Gasteiger partial charge is 0.369 e. The molecule has 1 amide bonds. The van der Waals surface area contributed by atoms with Crippen molar-refractivity contribution in [2.45, 2.75) is 32.2 Å². The Labute approximate surface area is 142 Å². The second kappa shape index (κ2) is 5.34. The number of rotatable bonds is 2. The molecular weight excluding hydrogens is 330 g/mol. The fourth-order valence-electron chi connectivity index (χ4n) is 3.79. The first kappa shape index (κ1) is 15.2. The second-order valence-corrected chi connectivity index (χ2v) is 6.74. The lowest BCUT2D eigenvalue weighted by Crippen LogP contribution is -2.26. The molecule has 0 bridgehead atoms. The van der Waals surface area contributed by atoms with Crippen molar-refractivity contribution < 1.29 is 9.32 Å². The first-order chi connectivity index (χ1) is 11.5. The Hall–Kier alpha value is -2.34. The summed E-state index contributed by atoms with van der Waals surface area (Å²) < 4.78 is 6.97. The van der Waals surface area contributed by atoms with Gasteiger partial charge in [0.25, 0.3) is 5.56 Å². The number of hydrogen-bond acceptors (Lipinski definition) is 4. The number of nitrogens with zero attached hydrogens (tertiary/aromatic N) is 2. The van der Waals surface area contributed by atoms with E-state index in [1.54, 1.807) is 23.6 Å². The molecule has 6 nitrogen and oxygen atoms in total. The predicted octanol–water partition coefficient (Wildman–Crippen LogP) is 2.93. The molecule has 2 unspecified atom stereocenters. The molecule has 0 saturated heterocycles. The van der Waals surface area contributed by atoms with E-state index in [0.717, 1.165) is 6.42 Å². The molecule has 124 valence electrons. The third-order valence-electron chi connectivity index (χ3n) is 4.96. The van der Waals surface area contributed by atoms with Crippen LogP contribution in [0.25, 0.3) is 21.8 Å². The highest BCUT2D eigenvalue weighted by Gasteiger charge is 2.32. The lowest BCUT2D eigenvalue weighted by Gasteiger charge is -2.18. The summed E-state index contributed by atoms with van der Waals surface area (Å²) in [4.78, 5) is 24.6. The Morgan fingerprint density at radius 2 is 2.17 bits per heavy atom. The molecule has 7 heteroatoms. The molecule has 1 fully saturated rings. The summed E-state index contributed by atoms with van der Waals surface area (Å²) in [6, 6.07) is 5.33. The Balaban J connectivity index is 2.05. The first-order valence-electron chi connectivity index (χ1n) is 7.87. The van der Waals surface area contributed by atoms with Gasteiger partial charge in [0, 0.05) is 17.3 Å². The minimum Gasteiger partial charge on any atom is -0.369 e. The lowest BCUT2D eigenvalue weighted by molar-refractivity contribution is -0.121. The van der Waals surface area contributed by atoms with Crippen LogP contribution >= 0.6 is 11.6 Å². The minimum atomic E-state index is -0.310. The molecular formula is C17H16ClN3O3. The second-order valence-electron chi connectivity index (χ2n) is 6.34. The molecule has 1 aromatic carbocycles. The van der Waals surface area contributed by atoms with E-state index < -0.39 is 0 Å². The number of nitrogens with two attached hydrogens (primary N) is 1. The van der Waals surface area contributed by atoms with Crippen LogP contribution in [0, 0.1) is 12.8 Å². The van der Waals surface area contributed by atoms with Crippen LogP contribution in [0.4, 0.5) is 0 Å². The Morgan fingerprint density at radius 3 is 2.88 bits per heavy atom. The van der Waals surface area contributed by atoms with Crippen LogP contribution in [0.3, 0.4) is 0 Å². The van der Waals surface area contributed by atoms with E-state index in [1.807, 2.05) is 6.07 Å². The summed E-state index contributed by atoms with van der Waals surface area (Å²) in [5, 5.41) is 5.69. The molecule has 0 aliphatic heterocycles. The molecule has 1 aliphatic carbocycles. The van der Waals surface area contributed by atoms with Gasteiger partial charge in [0.2, 0.25) is 5.91 Å². The lowest BCUT2D eigenvalue weighted by atomic mass is 10.1. The van der Waals surface area contributed by atoms with Crippen LogP contribution in [0.1, 0.15) is 31.1 Å². The van der Waals surface area contributed by atoms with Crippen molar-refractivity contribution in [3.8, 4) is 0 Å². The molecule has 2 aromatic heterocycles. The van der Waals surface area contributed by atoms with Crippen molar-refractivity contribution in [3.63, 3.8) is 0 Å². The predicted molar refractivity (Wildman–Crippen MR) is 91.1 cm³/mol. The van der Waals surface area contributed by atoms with Gasteiger partial charge < -0.3 is 14.8 Å². The molecule has 0 radical (unpaired) electrons. The zero-order valence-electron chi connectivity index (χ0n) is 13.1. The summed E-state index contributed by atoms with van der Waals surface area (Å²) in [6.07, 6.45) is 1.98. The number of amides is 1. The molecule has 2 atom stereocenters. The van der Waals surface area contributed by atoms with Crippen LogP contribution in [-0.2, 0) is 4.79 Å². The fourth-order valence-corrected chi connectivity index (χ4v) is 4.04. The summed E-state index contributed by atoms with van der Waals surface area (Å²) in [5.41, 5.74) is 6.48. The van der Waals surface area contributed by atoms with E-state index in [2.05, 4.69) is 5.16 Å². The van der Waals surface area contributed by atoms with Crippen LogP contribution in [-0.4, -0.2) is 15.6 Å². The normalized spacial score (nSPS) is 20.9. The van der Waals surface area contributed by atoms with Gasteiger partial charge in [0.05, 0.1) is 10.5 Å². The fraction of sp³-hybridized carbons (Fsp3) is 0.353. The summed E-state index contributed by atoms with van der Waals surface area (Å²) in [7, 11) is 0. The van der Waals surface area contributed by atoms with Crippen molar-refractivity contribution in [1.29, 1.82) is 0 Å². The van der Waals surface area contributed by atoms with Gasteiger partial charge >= 0.3 is 0 Å². The molecule has 2 heterocycles. The summed E-state index contributed by atoms with van der Waals surface area (Å²) >= 11 is 6.38. The third kappa shape index (κ3) is 2.06. The number of halogens is 1. The maximum atomic E-state index is 13.1. The van der Waals surface area contributed by atoms with E-state index in [0.29, 0.717) is 45.4 Å². The molecule has 4 rings (SSSR count). The van der Waals surface area contributed by atoms with Crippen molar-refractivity contribution in [3.05, 3.63) is 39.3 Å². The maximum Gasteiger partial charge on any atom is 0.264 e. The number of pyridine rings is 1. The standard InChI is InChI=1S/C17H16ClN3O3/c1-8-13-15(20-24-8)14-11(18)3-2-4-12(14)21(17(13)23)10-6-5-9(7-10)16(19)22/h2-4,9-10H,5-7H2,1H3,(H2,19,22). The van der Waals surface area contributed by atoms with Gasteiger partial charge in [-0.05, 0) is 38.3 Å². The zero-order valence-corrected chi connectivity index (χ0v) is 13.8. The highest BCUT2D eigenvalue weighted by molar-refractivity contribution is 6.37. The summed E-state index contributed by atoms with van der Waals surface area (Å²) in [6.45, 7) is 1.71. The minimum absolute atomic E-state index is 0.0883. The number of carbonyl (C=O) groups is 1. The van der Waals surface area contributed by atoms with E-state index in [-0.39, 0.29) is 23.4 Å². The van der Waals surface area contributed by atoms with Crippen molar-refractivity contribution in [2.24, 2.45) is 11.7 Å². The number of primary amides is 1. The van der Waals surface area contributed by atoms with Gasteiger partial charge in [0.1, 0.15) is 16.7 Å². The number of aryl methyl sites for hydroxylation is 1. The smallest absolute Gasteiger partial charge is 0.264 e. The molecule has 3 aromatic rings. The zero-order chi connectivity index (χ0) is 17.0. The van der Waals surface area contributed by atoms with Crippen LogP contribution in [0.5, 0.6) is 0 Å². The number of aromatic nitrogens is 2. The van der Waals surface area contributed by atoms with E-state index >= 15 is 0 Å². The number of fused-ring (bicyclic) bond motifs is 3. The average Bonchev–Trinajstić information content (AvgIpc) is 3.15. The van der Waals surface area contributed by atoms with Gasteiger partial charge in [-0.25, -0.2) is 0 Å². The molecule has 1 saturated carbocycles. The first-order valence-corrected chi connectivity index (χ1v) is 8.25. The summed E-state index contributed by atoms with van der Waals surface area (Å²) in [5.74, 6) is -0.0412. The number of carbonyl (C=O) groups excluding carboxylic acids is 1. The Kier molecular flexibility index (Phi) is 3.38. The van der Waals surface area contributed by atoms with E-state index in [4.69, 9.17) is 21.9 Å². The third-order valence-corrected chi connectivity index (χ3v) is 5.27. The maximum absolute atomic E-state index is 13.1. The molecule has 2 N–H and O–H groups in total. The highest BCUT2D eigenvalue weighted by atomic mass is 35.5. The van der Waals surface area contributed by atoms with Crippen LogP contribution < -0.4 is 11.3 Å². The van der Waals surface area contributed by atoms with Crippen LogP contribution in [0.2, 0.25) is 5.02 Å². The van der Waals surface area contributed by atoms with Gasteiger partial charge in [-0.1, -0.05) is 22.8 Å². The quantitative estimate of drug-likeness (QED) is 0.773. The van der Waals surface area contributed by atoms with Gasteiger partial charge in [-0.15, -0.1) is 0 Å². The highest BCUT2D eigenvalue weighted by Crippen LogP contribution is 2.38. The Bertz CT molecular complexity index is 1040. The van der Waals surface area contributed by atoms with Crippen molar-refractivity contribution in [1.82, 2.24) is 9.72 Å². The SMILES string of the molecule is Cc1onc2c1c(=O)n(C1CCC(C(N)=O)C1)c1cccc(Cl)c21. The van der Waals surface area contributed by atoms with Crippen molar-refractivity contribution >= 4 is 39.3 Å².